The molecule has 1 fully saturated rings. The normalized spacial score (nSPS) is 15.4. The molecule has 1 amide bonds. The summed E-state index contributed by atoms with van der Waals surface area (Å²) in [5.41, 5.74) is 0.843. The number of rotatable bonds is 7. The van der Waals surface area contributed by atoms with Crippen LogP contribution in [0.15, 0.2) is 23.8 Å². The van der Waals surface area contributed by atoms with Crippen molar-refractivity contribution in [2.24, 2.45) is 0 Å². The monoisotopic (exact) mass is 356 g/mol. The van der Waals surface area contributed by atoms with Crippen LogP contribution in [0.1, 0.15) is 58.4 Å². The van der Waals surface area contributed by atoms with Crippen molar-refractivity contribution in [2.45, 2.75) is 65.0 Å². The minimum atomic E-state index is -0.306. The fourth-order valence-electron chi connectivity index (χ4n) is 3.06. The molecule has 0 atom stereocenters. The van der Waals surface area contributed by atoms with Crippen LogP contribution in [0, 0.1) is 11.3 Å². The van der Waals surface area contributed by atoms with E-state index in [1.165, 1.54) is 6.42 Å². The molecule has 2 rings (SSSR count). The number of benzene rings is 1. The van der Waals surface area contributed by atoms with Gasteiger partial charge >= 0.3 is 0 Å². The van der Waals surface area contributed by atoms with Crippen molar-refractivity contribution in [3.63, 3.8) is 0 Å². The summed E-state index contributed by atoms with van der Waals surface area (Å²) in [6, 6.07) is 7.62. The second-order valence-corrected chi connectivity index (χ2v) is 6.78. The van der Waals surface area contributed by atoms with Gasteiger partial charge in [0.25, 0.3) is 5.91 Å². The van der Waals surface area contributed by atoms with Crippen molar-refractivity contribution >= 4 is 12.0 Å². The summed E-state index contributed by atoms with van der Waals surface area (Å²) in [4.78, 5) is 12.4. The molecule has 1 aliphatic rings. The Morgan fingerprint density at radius 3 is 2.65 bits per heavy atom. The first kappa shape index (κ1) is 19.8. The van der Waals surface area contributed by atoms with Crippen molar-refractivity contribution in [3.8, 4) is 17.6 Å². The molecule has 1 aromatic rings. The molecule has 0 aromatic heterocycles. The van der Waals surface area contributed by atoms with E-state index in [-0.39, 0.29) is 23.6 Å². The number of nitrogens with zero attached hydrogens (tertiary/aromatic N) is 1. The summed E-state index contributed by atoms with van der Waals surface area (Å²) in [5, 5.41) is 12.4. The Kier molecular flexibility index (Phi) is 7.53. The number of nitrogens with one attached hydrogen (secondary N) is 1. The molecular formula is C21H28N2O3. The zero-order chi connectivity index (χ0) is 18.9. The van der Waals surface area contributed by atoms with Gasteiger partial charge in [-0.15, -0.1) is 0 Å². The Hall–Kier alpha value is -2.48. The summed E-state index contributed by atoms with van der Waals surface area (Å²) in [6.45, 7) is 6.31. The Labute approximate surface area is 156 Å². The molecule has 0 radical (unpaired) electrons. The highest BCUT2D eigenvalue weighted by molar-refractivity contribution is 6.01. The lowest BCUT2D eigenvalue weighted by atomic mass is 9.95. The molecule has 1 saturated carbocycles. The van der Waals surface area contributed by atoms with Crippen LogP contribution in [0.5, 0.6) is 11.5 Å². The van der Waals surface area contributed by atoms with Gasteiger partial charge in [-0.25, -0.2) is 0 Å². The highest BCUT2D eigenvalue weighted by Gasteiger charge is 2.18. The van der Waals surface area contributed by atoms with Crippen molar-refractivity contribution in [1.29, 1.82) is 5.26 Å². The van der Waals surface area contributed by atoms with Gasteiger partial charge in [0.1, 0.15) is 11.6 Å². The third-order valence-corrected chi connectivity index (χ3v) is 4.25. The van der Waals surface area contributed by atoms with Crippen LogP contribution >= 0.6 is 0 Å². The standard InChI is InChI=1S/C21H28N2O3/c1-4-25-20-13-16(10-11-19(20)26-15(2)3)12-17(14-22)21(24)23-18-8-6-5-7-9-18/h10-13,15,18H,4-9H2,1-3H3,(H,23,24)/b17-12+. The summed E-state index contributed by atoms with van der Waals surface area (Å²) in [5.74, 6) is 0.962. The highest BCUT2D eigenvalue weighted by Crippen LogP contribution is 2.30. The molecule has 1 aliphatic carbocycles. The average Bonchev–Trinajstić information content (AvgIpc) is 2.62. The van der Waals surface area contributed by atoms with Crippen molar-refractivity contribution in [1.82, 2.24) is 5.32 Å². The second kappa shape index (κ2) is 9.86. The second-order valence-electron chi connectivity index (χ2n) is 6.78. The number of carbonyl (C=O) groups excluding carboxylic acids is 1. The number of carbonyl (C=O) groups is 1. The molecule has 1 aromatic carbocycles. The van der Waals surface area contributed by atoms with Crippen LogP contribution in [0.2, 0.25) is 0 Å². The van der Waals surface area contributed by atoms with Crippen LogP contribution in [-0.2, 0) is 4.79 Å². The first-order valence-electron chi connectivity index (χ1n) is 9.39. The van der Waals surface area contributed by atoms with E-state index in [0.29, 0.717) is 18.1 Å². The molecule has 0 spiro atoms. The van der Waals surface area contributed by atoms with E-state index in [4.69, 9.17) is 9.47 Å². The molecular weight excluding hydrogens is 328 g/mol. The van der Waals surface area contributed by atoms with Crippen molar-refractivity contribution in [2.75, 3.05) is 6.61 Å². The number of ether oxygens (including phenoxy) is 2. The zero-order valence-corrected chi connectivity index (χ0v) is 15.9. The maximum absolute atomic E-state index is 12.4. The molecule has 0 heterocycles. The van der Waals surface area contributed by atoms with Crippen molar-refractivity contribution in [3.05, 3.63) is 29.3 Å². The Bertz CT molecular complexity index is 683. The maximum Gasteiger partial charge on any atom is 0.262 e. The number of hydrogen-bond donors (Lipinski definition) is 1. The van der Waals surface area contributed by atoms with Gasteiger partial charge < -0.3 is 14.8 Å². The lowest BCUT2D eigenvalue weighted by Crippen LogP contribution is -2.36. The molecule has 5 nitrogen and oxygen atoms in total. The summed E-state index contributed by atoms with van der Waals surface area (Å²) >= 11 is 0. The fraction of sp³-hybridized carbons (Fsp3) is 0.524. The maximum atomic E-state index is 12.4. The van der Waals surface area contributed by atoms with Gasteiger partial charge in [0, 0.05) is 6.04 Å². The third-order valence-electron chi connectivity index (χ3n) is 4.25. The summed E-state index contributed by atoms with van der Waals surface area (Å²) in [6.07, 6.45) is 7.09. The zero-order valence-electron chi connectivity index (χ0n) is 15.9. The van der Waals surface area contributed by atoms with E-state index < -0.39 is 0 Å². The molecule has 5 heteroatoms. The van der Waals surface area contributed by atoms with Crippen LogP contribution in [-0.4, -0.2) is 24.7 Å². The topological polar surface area (TPSA) is 71.3 Å². The number of nitriles is 1. The minimum absolute atomic E-state index is 0.0338. The minimum Gasteiger partial charge on any atom is -0.490 e. The molecule has 140 valence electrons. The molecule has 0 bridgehead atoms. The number of hydrogen-bond acceptors (Lipinski definition) is 4. The smallest absolute Gasteiger partial charge is 0.262 e. The van der Waals surface area contributed by atoms with Gasteiger partial charge in [-0.2, -0.15) is 5.26 Å². The quantitative estimate of drug-likeness (QED) is 0.586. The highest BCUT2D eigenvalue weighted by atomic mass is 16.5. The summed E-state index contributed by atoms with van der Waals surface area (Å²) < 4.78 is 11.4. The van der Waals surface area contributed by atoms with E-state index in [2.05, 4.69) is 5.32 Å². The molecule has 0 saturated heterocycles. The Morgan fingerprint density at radius 2 is 2.04 bits per heavy atom. The largest absolute Gasteiger partial charge is 0.490 e. The Balaban J connectivity index is 2.17. The average molecular weight is 356 g/mol. The Morgan fingerprint density at radius 1 is 1.31 bits per heavy atom. The first-order chi connectivity index (χ1) is 12.5. The third kappa shape index (κ3) is 5.80. The lowest BCUT2D eigenvalue weighted by Gasteiger charge is -2.22. The molecule has 0 aliphatic heterocycles. The van der Waals surface area contributed by atoms with Gasteiger partial charge in [-0.3, -0.25) is 4.79 Å². The lowest BCUT2D eigenvalue weighted by molar-refractivity contribution is -0.117. The van der Waals surface area contributed by atoms with E-state index in [1.807, 2.05) is 39.0 Å². The van der Waals surface area contributed by atoms with E-state index in [9.17, 15) is 10.1 Å². The summed E-state index contributed by atoms with van der Waals surface area (Å²) in [7, 11) is 0. The van der Waals surface area contributed by atoms with Gasteiger partial charge in [0.2, 0.25) is 0 Å². The van der Waals surface area contributed by atoms with Crippen LogP contribution < -0.4 is 14.8 Å². The van der Waals surface area contributed by atoms with E-state index >= 15 is 0 Å². The fourth-order valence-corrected chi connectivity index (χ4v) is 3.06. The predicted octanol–water partition coefficient (Wildman–Crippen LogP) is 4.23. The van der Waals surface area contributed by atoms with Crippen LogP contribution in [0.4, 0.5) is 0 Å². The number of amides is 1. The van der Waals surface area contributed by atoms with E-state index in [0.717, 1.165) is 31.2 Å². The van der Waals surface area contributed by atoms with E-state index in [1.54, 1.807) is 12.1 Å². The first-order valence-corrected chi connectivity index (χ1v) is 9.39. The van der Waals surface area contributed by atoms with Crippen LogP contribution in [0.25, 0.3) is 6.08 Å². The van der Waals surface area contributed by atoms with Crippen LogP contribution in [0.3, 0.4) is 0 Å². The van der Waals surface area contributed by atoms with Crippen molar-refractivity contribution < 1.29 is 14.3 Å². The van der Waals surface area contributed by atoms with Gasteiger partial charge in [0.05, 0.1) is 12.7 Å². The SMILES string of the molecule is CCOc1cc(/C=C(\C#N)C(=O)NC2CCCCC2)ccc1OC(C)C. The molecule has 1 N–H and O–H groups in total. The predicted molar refractivity (Wildman–Crippen MR) is 102 cm³/mol. The molecule has 0 unspecified atom stereocenters. The van der Waals surface area contributed by atoms with Gasteiger partial charge in [-0.1, -0.05) is 25.3 Å². The molecule has 26 heavy (non-hydrogen) atoms. The van der Waals surface area contributed by atoms with Gasteiger partial charge in [-0.05, 0) is 57.4 Å². The van der Waals surface area contributed by atoms with Gasteiger partial charge in [0.15, 0.2) is 11.5 Å².